The lowest BCUT2D eigenvalue weighted by atomic mass is 10.1. The molecule has 2 aromatic heterocycles. The van der Waals surface area contributed by atoms with E-state index in [2.05, 4.69) is 10.1 Å². The molecule has 7 nitrogen and oxygen atoms in total. The van der Waals surface area contributed by atoms with Crippen LogP contribution in [-0.4, -0.2) is 33.1 Å². The third kappa shape index (κ3) is 3.13. The van der Waals surface area contributed by atoms with E-state index < -0.39 is 17.7 Å². The Hall–Kier alpha value is -3.29. The van der Waals surface area contributed by atoms with Gasteiger partial charge in [-0.05, 0) is 37.6 Å². The lowest BCUT2D eigenvalue weighted by molar-refractivity contribution is 0.0519. The van der Waals surface area contributed by atoms with E-state index >= 15 is 0 Å². The molecule has 3 aromatic rings. The largest absolute Gasteiger partial charge is 0.461 e. The quantitative estimate of drug-likeness (QED) is 0.708. The van der Waals surface area contributed by atoms with Crippen LogP contribution < -0.4 is 5.73 Å². The molecule has 0 aliphatic heterocycles. The number of rotatable bonds is 5. The Balaban J connectivity index is 2.12. The Labute approximate surface area is 148 Å². The summed E-state index contributed by atoms with van der Waals surface area (Å²) in [6.45, 7) is 3.87. The van der Waals surface area contributed by atoms with E-state index in [1.165, 1.54) is 12.1 Å². The highest BCUT2D eigenvalue weighted by molar-refractivity contribution is 5.93. The van der Waals surface area contributed by atoms with Crippen LogP contribution in [0, 0.1) is 5.82 Å². The number of amides is 1. The van der Waals surface area contributed by atoms with Gasteiger partial charge in [0.25, 0.3) is 0 Å². The highest BCUT2D eigenvalue weighted by Crippen LogP contribution is 2.24. The van der Waals surface area contributed by atoms with Crippen LogP contribution in [0.2, 0.25) is 0 Å². The summed E-state index contributed by atoms with van der Waals surface area (Å²) in [5.74, 6) is -1.85. The number of nitrogens with zero attached hydrogens (tertiary/aromatic N) is 3. The monoisotopic (exact) mass is 356 g/mol. The van der Waals surface area contributed by atoms with Gasteiger partial charge in [0.1, 0.15) is 5.82 Å². The molecule has 0 aliphatic carbocycles. The maximum absolute atomic E-state index is 14.4. The number of fused-ring (bicyclic) bond motifs is 1. The summed E-state index contributed by atoms with van der Waals surface area (Å²) < 4.78 is 20.9. The van der Waals surface area contributed by atoms with Crippen molar-refractivity contribution in [3.8, 4) is 11.3 Å². The molecule has 0 unspecified atom stereocenters. The molecular weight excluding hydrogens is 339 g/mol. The second-order valence-electron chi connectivity index (χ2n) is 5.57. The Morgan fingerprint density at radius 2 is 2.00 bits per heavy atom. The fourth-order valence-electron chi connectivity index (χ4n) is 2.61. The molecule has 0 aliphatic rings. The first-order valence-electron chi connectivity index (χ1n) is 8.11. The highest BCUT2D eigenvalue weighted by Gasteiger charge is 2.17. The Morgan fingerprint density at radius 1 is 1.23 bits per heavy atom. The number of primary amides is 1. The van der Waals surface area contributed by atoms with E-state index in [-0.39, 0.29) is 23.4 Å². The van der Waals surface area contributed by atoms with Crippen molar-refractivity contribution in [1.29, 1.82) is 0 Å². The van der Waals surface area contributed by atoms with Gasteiger partial charge in [0.05, 0.1) is 12.3 Å². The molecule has 0 saturated carbocycles. The van der Waals surface area contributed by atoms with Crippen LogP contribution in [0.25, 0.3) is 16.9 Å². The maximum Gasteiger partial charge on any atom is 0.357 e. The van der Waals surface area contributed by atoms with Gasteiger partial charge >= 0.3 is 5.97 Å². The lowest BCUT2D eigenvalue weighted by Gasteiger charge is -2.05. The fraction of sp³-hybridized carbons (Fsp3) is 0.222. The molecule has 8 heteroatoms. The summed E-state index contributed by atoms with van der Waals surface area (Å²) >= 11 is 0. The zero-order valence-corrected chi connectivity index (χ0v) is 14.3. The van der Waals surface area contributed by atoms with Crippen LogP contribution in [-0.2, 0) is 11.2 Å². The Bertz CT molecular complexity index is 1010. The summed E-state index contributed by atoms with van der Waals surface area (Å²) in [7, 11) is 0. The van der Waals surface area contributed by atoms with Crippen molar-refractivity contribution < 1.29 is 18.7 Å². The van der Waals surface area contributed by atoms with Crippen LogP contribution >= 0.6 is 0 Å². The molecule has 0 radical (unpaired) electrons. The zero-order chi connectivity index (χ0) is 18.8. The summed E-state index contributed by atoms with van der Waals surface area (Å²) in [5, 5.41) is 4.38. The molecular formula is C18H17FN4O3. The number of hydrogen-bond donors (Lipinski definition) is 1. The van der Waals surface area contributed by atoms with Crippen molar-refractivity contribution in [3.63, 3.8) is 0 Å². The van der Waals surface area contributed by atoms with Crippen molar-refractivity contribution >= 4 is 17.5 Å². The third-order valence-corrected chi connectivity index (χ3v) is 3.88. The molecule has 0 saturated heterocycles. The lowest BCUT2D eigenvalue weighted by Crippen LogP contribution is -2.11. The van der Waals surface area contributed by atoms with Crippen LogP contribution in [0.1, 0.15) is 40.4 Å². The normalized spacial score (nSPS) is 10.9. The molecule has 3 rings (SSSR count). The van der Waals surface area contributed by atoms with E-state index in [0.29, 0.717) is 17.8 Å². The number of carbonyl (C=O) groups excluding carboxylic acids is 2. The van der Waals surface area contributed by atoms with E-state index in [4.69, 9.17) is 10.5 Å². The van der Waals surface area contributed by atoms with Crippen LogP contribution in [0.15, 0.2) is 30.3 Å². The molecule has 26 heavy (non-hydrogen) atoms. The minimum atomic E-state index is -0.709. The first-order valence-corrected chi connectivity index (χ1v) is 8.11. The first-order chi connectivity index (χ1) is 12.4. The van der Waals surface area contributed by atoms with E-state index in [0.717, 1.165) is 11.8 Å². The molecule has 0 spiro atoms. The van der Waals surface area contributed by atoms with Gasteiger partial charge in [-0.25, -0.2) is 18.7 Å². The predicted octanol–water partition coefficient (Wildman–Crippen LogP) is 2.37. The molecule has 1 aromatic carbocycles. The van der Waals surface area contributed by atoms with Crippen LogP contribution in [0.3, 0.4) is 0 Å². The average molecular weight is 356 g/mol. The third-order valence-electron chi connectivity index (χ3n) is 3.88. The molecule has 134 valence electrons. The highest BCUT2D eigenvalue weighted by atomic mass is 19.1. The number of aromatic nitrogens is 3. The first kappa shape index (κ1) is 17.5. The van der Waals surface area contributed by atoms with Gasteiger partial charge in [-0.2, -0.15) is 5.10 Å². The second kappa shape index (κ2) is 6.91. The van der Waals surface area contributed by atoms with Gasteiger partial charge in [0.2, 0.25) is 5.91 Å². The summed E-state index contributed by atoms with van der Waals surface area (Å²) in [6.07, 6.45) is 0.593. The molecule has 0 bridgehead atoms. The second-order valence-corrected chi connectivity index (χ2v) is 5.57. The molecule has 2 N–H and O–H groups in total. The number of ether oxygens (including phenoxy) is 1. The number of nitrogens with two attached hydrogens (primary N) is 1. The molecule has 2 heterocycles. The van der Waals surface area contributed by atoms with Crippen LogP contribution in [0.5, 0.6) is 0 Å². The van der Waals surface area contributed by atoms with Gasteiger partial charge < -0.3 is 10.5 Å². The number of aryl methyl sites for hydroxylation is 1. The average Bonchev–Trinajstić information content (AvgIpc) is 3.04. The number of hydrogen-bond acceptors (Lipinski definition) is 5. The smallest absolute Gasteiger partial charge is 0.357 e. The number of esters is 1. The van der Waals surface area contributed by atoms with Crippen molar-refractivity contribution in [2.75, 3.05) is 6.61 Å². The fourth-order valence-corrected chi connectivity index (χ4v) is 2.61. The number of carbonyl (C=O) groups is 2. The SMILES string of the molecule is CCOC(=O)c1cc(CC)n2nc(-c3ccc(C(N)=O)cc3F)cc2n1. The van der Waals surface area contributed by atoms with E-state index in [9.17, 15) is 14.0 Å². The summed E-state index contributed by atoms with van der Waals surface area (Å²) in [5.41, 5.74) is 7.09. The minimum absolute atomic E-state index is 0.0759. The Morgan fingerprint density at radius 3 is 2.62 bits per heavy atom. The number of benzene rings is 1. The van der Waals surface area contributed by atoms with Crippen molar-refractivity contribution in [2.24, 2.45) is 5.73 Å². The van der Waals surface area contributed by atoms with Crippen molar-refractivity contribution in [2.45, 2.75) is 20.3 Å². The van der Waals surface area contributed by atoms with Crippen LogP contribution in [0.4, 0.5) is 4.39 Å². The minimum Gasteiger partial charge on any atom is -0.461 e. The van der Waals surface area contributed by atoms with Crippen molar-refractivity contribution in [3.05, 3.63) is 53.1 Å². The van der Waals surface area contributed by atoms with Gasteiger partial charge in [-0.3, -0.25) is 4.79 Å². The zero-order valence-electron chi connectivity index (χ0n) is 14.3. The molecule has 0 fully saturated rings. The molecule has 1 amide bonds. The van der Waals surface area contributed by atoms with Gasteiger partial charge in [-0.15, -0.1) is 0 Å². The van der Waals surface area contributed by atoms with E-state index in [1.54, 1.807) is 23.6 Å². The van der Waals surface area contributed by atoms with Crippen molar-refractivity contribution in [1.82, 2.24) is 14.6 Å². The molecule has 0 atom stereocenters. The Kier molecular flexibility index (Phi) is 4.66. The summed E-state index contributed by atoms with van der Waals surface area (Å²) in [4.78, 5) is 27.4. The van der Waals surface area contributed by atoms with Gasteiger partial charge in [-0.1, -0.05) is 6.92 Å². The number of halogens is 1. The van der Waals surface area contributed by atoms with Gasteiger partial charge in [0, 0.05) is 22.9 Å². The van der Waals surface area contributed by atoms with E-state index in [1.807, 2.05) is 6.92 Å². The topological polar surface area (TPSA) is 99.6 Å². The standard InChI is InChI=1S/C18H17FN4O3/c1-3-11-8-15(18(25)26-4-2)21-16-9-14(22-23(11)16)12-6-5-10(17(20)24)7-13(12)19/h5-9H,3-4H2,1-2H3,(H2,20,24). The maximum atomic E-state index is 14.4. The van der Waals surface area contributed by atoms with Gasteiger partial charge in [0.15, 0.2) is 11.3 Å². The summed E-state index contributed by atoms with van der Waals surface area (Å²) in [6, 6.07) is 7.12. The predicted molar refractivity (Wildman–Crippen MR) is 92.2 cm³/mol.